The Labute approximate surface area is 147 Å². The van der Waals surface area contributed by atoms with E-state index in [0.717, 1.165) is 0 Å². The number of carbonyl (C=O) groups is 1. The lowest BCUT2D eigenvalue weighted by atomic mass is 9.99. The molecule has 0 aromatic heterocycles. The number of benzene rings is 1. The molecular formula is C14H16Cl2O8. The average molecular weight is 383 g/mol. The zero-order chi connectivity index (χ0) is 18.0. The molecule has 2 rings (SSSR count). The highest BCUT2D eigenvalue weighted by molar-refractivity contribution is 6.37. The van der Waals surface area contributed by atoms with E-state index in [1.54, 1.807) is 0 Å². The first kappa shape index (κ1) is 19.2. The van der Waals surface area contributed by atoms with Crippen molar-refractivity contribution in [3.8, 4) is 5.75 Å². The van der Waals surface area contributed by atoms with Crippen LogP contribution in [0.1, 0.15) is 10.4 Å². The fraction of sp³-hybridized carbons (Fsp3) is 0.500. The number of aliphatic hydroxyl groups excluding tert-OH is 4. The van der Waals surface area contributed by atoms with Crippen molar-refractivity contribution < 1.29 is 39.4 Å². The monoisotopic (exact) mass is 382 g/mol. The highest BCUT2D eigenvalue weighted by atomic mass is 35.5. The maximum absolute atomic E-state index is 12.4. The molecule has 1 fully saturated rings. The van der Waals surface area contributed by atoms with E-state index in [4.69, 9.17) is 42.5 Å². The van der Waals surface area contributed by atoms with Crippen molar-refractivity contribution in [2.75, 3.05) is 13.7 Å². The molecule has 0 aliphatic carbocycles. The summed E-state index contributed by atoms with van der Waals surface area (Å²) in [6.07, 6.45) is -7.84. The molecule has 1 aromatic rings. The Morgan fingerprint density at radius 2 is 1.83 bits per heavy atom. The van der Waals surface area contributed by atoms with Crippen LogP contribution >= 0.6 is 23.2 Å². The normalized spacial score (nSPS) is 30.0. The Balaban J connectivity index is 2.30. The minimum Gasteiger partial charge on any atom is -0.494 e. The van der Waals surface area contributed by atoms with Crippen LogP contribution in [-0.2, 0) is 9.47 Å². The topological polar surface area (TPSA) is 126 Å². The number of hydrogen-bond acceptors (Lipinski definition) is 8. The Morgan fingerprint density at radius 1 is 1.21 bits per heavy atom. The molecule has 1 heterocycles. The van der Waals surface area contributed by atoms with Gasteiger partial charge in [-0.3, -0.25) is 0 Å². The zero-order valence-corrected chi connectivity index (χ0v) is 13.9. The van der Waals surface area contributed by atoms with Gasteiger partial charge in [0, 0.05) is 0 Å². The van der Waals surface area contributed by atoms with Gasteiger partial charge in [0.1, 0.15) is 23.9 Å². The number of hydrogen-bond donors (Lipinski definition) is 4. The number of ether oxygens (including phenoxy) is 3. The number of methoxy groups -OCH3 is 1. The second-order valence-electron chi connectivity index (χ2n) is 5.04. The average Bonchev–Trinajstić information content (AvgIpc) is 2.56. The Kier molecular flexibility index (Phi) is 6.27. The SMILES string of the molecule is COc1c(Cl)ccc(Cl)c1C(=O)O[C@H]1[C@H](O)[C@@H](CO)OC(O)[C@@H]1O. The van der Waals surface area contributed by atoms with Gasteiger partial charge in [-0.05, 0) is 12.1 Å². The molecule has 0 spiro atoms. The minimum absolute atomic E-state index is 0.0171. The maximum Gasteiger partial charge on any atom is 0.343 e. The highest BCUT2D eigenvalue weighted by Crippen LogP contribution is 2.35. The van der Waals surface area contributed by atoms with Gasteiger partial charge in [0.25, 0.3) is 0 Å². The van der Waals surface area contributed by atoms with Crippen molar-refractivity contribution in [1.82, 2.24) is 0 Å². The number of carbonyl (C=O) groups excluding carboxylic acids is 1. The van der Waals surface area contributed by atoms with E-state index in [1.807, 2.05) is 0 Å². The molecule has 24 heavy (non-hydrogen) atoms. The molecule has 0 saturated carbocycles. The summed E-state index contributed by atoms with van der Waals surface area (Å²) in [6.45, 7) is -0.653. The fourth-order valence-electron chi connectivity index (χ4n) is 2.31. The lowest BCUT2D eigenvalue weighted by Crippen LogP contribution is -2.59. The van der Waals surface area contributed by atoms with E-state index in [1.165, 1.54) is 19.2 Å². The van der Waals surface area contributed by atoms with Crippen LogP contribution in [0.3, 0.4) is 0 Å². The fourth-order valence-corrected chi connectivity index (χ4v) is 2.77. The summed E-state index contributed by atoms with van der Waals surface area (Å²) in [5.74, 6) is -1.07. The summed E-state index contributed by atoms with van der Waals surface area (Å²) < 4.78 is 14.9. The number of aliphatic hydroxyl groups is 4. The third kappa shape index (κ3) is 3.60. The number of halogens is 2. The van der Waals surface area contributed by atoms with E-state index < -0.39 is 43.3 Å². The molecule has 1 aliphatic heterocycles. The van der Waals surface area contributed by atoms with Gasteiger partial charge in [0.2, 0.25) is 0 Å². The molecule has 1 aliphatic rings. The maximum atomic E-state index is 12.4. The van der Waals surface area contributed by atoms with Crippen LogP contribution in [0.4, 0.5) is 0 Å². The largest absolute Gasteiger partial charge is 0.494 e. The van der Waals surface area contributed by atoms with Crippen LogP contribution in [0, 0.1) is 0 Å². The number of rotatable bonds is 4. The van der Waals surface area contributed by atoms with Gasteiger partial charge in [-0.2, -0.15) is 0 Å². The van der Waals surface area contributed by atoms with E-state index in [-0.39, 0.29) is 21.4 Å². The van der Waals surface area contributed by atoms with E-state index in [2.05, 4.69) is 0 Å². The molecule has 1 unspecified atom stereocenters. The summed E-state index contributed by atoms with van der Waals surface area (Å²) in [4.78, 5) is 12.4. The van der Waals surface area contributed by atoms with E-state index in [9.17, 15) is 20.1 Å². The summed E-state index contributed by atoms with van der Waals surface area (Å²) in [5.41, 5.74) is -0.201. The van der Waals surface area contributed by atoms with Crippen molar-refractivity contribution >= 4 is 29.2 Å². The van der Waals surface area contributed by atoms with Gasteiger partial charge in [0.05, 0.1) is 23.8 Å². The van der Waals surface area contributed by atoms with Crippen molar-refractivity contribution in [2.45, 2.75) is 30.7 Å². The van der Waals surface area contributed by atoms with Crippen LogP contribution in [-0.4, -0.2) is 70.8 Å². The third-order valence-electron chi connectivity index (χ3n) is 3.55. The first-order chi connectivity index (χ1) is 11.3. The predicted octanol–water partition coefficient (Wildman–Crippen LogP) is -0.0413. The lowest BCUT2D eigenvalue weighted by molar-refractivity contribution is -0.285. The molecule has 10 heteroatoms. The van der Waals surface area contributed by atoms with Gasteiger partial charge in [-0.25, -0.2) is 4.79 Å². The van der Waals surface area contributed by atoms with Crippen LogP contribution in [0.15, 0.2) is 12.1 Å². The van der Waals surface area contributed by atoms with Crippen molar-refractivity contribution in [2.24, 2.45) is 0 Å². The van der Waals surface area contributed by atoms with Crippen molar-refractivity contribution in [3.63, 3.8) is 0 Å². The second kappa shape index (κ2) is 7.83. The molecule has 4 N–H and O–H groups in total. The zero-order valence-electron chi connectivity index (χ0n) is 12.4. The first-order valence-electron chi connectivity index (χ1n) is 6.85. The van der Waals surface area contributed by atoms with Crippen LogP contribution in [0.5, 0.6) is 5.75 Å². The predicted molar refractivity (Wildman–Crippen MR) is 82.2 cm³/mol. The van der Waals surface area contributed by atoms with E-state index in [0.29, 0.717) is 0 Å². The minimum atomic E-state index is -1.75. The Bertz CT molecular complexity index is 611. The summed E-state index contributed by atoms with van der Waals surface area (Å²) in [5, 5.41) is 38.7. The molecular weight excluding hydrogens is 367 g/mol. The molecule has 1 saturated heterocycles. The molecule has 1 aromatic carbocycles. The molecule has 5 atom stereocenters. The van der Waals surface area contributed by atoms with Gasteiger partial charge >= 0.3 is 5.97 Å². The quantitative estimate of drug-likeness (QED) is 0.534. The molecule has 134 valence electrons. The van der Waals surface area contributed by atoms with Gasteiger partial charge in [0.15, 0.2) is 18.1 Å². The van der Waals surface area contributed by atoms with Gasteiger partial charge in [-0.15, -0.1) is 0 Å². The summed E-state index contributed by atoms with van der Waals surface area (Å²) >= 11 is 11.9. The highest BCUT2D eigenvalue weighted by Gasteiger charge is 2.46. The van der Waals surface area contributed by atoms with Crippen LogP contribution in [0.25, 0.3) is 0 Å². The Hall–Kier alpha value is -1.13. The molecule has 0 bridgehead atoms. The molecule has 8 nitrogen and oxygen atoms in total. The van der Waals surface area contributed by atoms with Crippen LogP contribution in [0.2, 0.25) is 10.0 Å². The second-order valence-corrected chi connectivity index (χ2v) is 5.85. The van der Waals surface area contributed by atoms with Crippen LogP contribution < -0.4 is 4.74 Å². The van der Waals surface area contributed by atoms with Crippen molar-refractivity contribution in [3.05, 3.63) is 27.7 Å². The number of esters is 1. The van der Waals surface area contributed by atoms with Gasteiger partial charge < -0.3 is 34.6 Å². The molecule has 0 amide bonds. The third-order valence-corrected chi connectivity index (χ3v) is 4.16. The van der Waals surface area contributed by atoms with Gasteiger partial charge in [-0.1, -0.05) is 23.2 Å². The Morgan fingerprint density at radius 3 is 2.42 bits per heavy atom. The molecule has 0 radical (unpaired) electrons. The standard InChI is InChI=1S/C14H16Cl2O8/c1-22-11-6(16)3-2-5(15)8(11)13(20)24-12-9(18)7(4-17)23-14(21)10(12)19/h2-3,7,9-10,12,14,17-19,21H,4H2,1H3/t7-,9-,10-,12+,14?/m1/s1. The summed E-state index contributed by atoms with van der Waals surface area (Å²) in [7, 11) is 1.28. The smallest absolute Gasteiger partial charge is 0.343 e. The van der Waals surface area contributed by atoms with Crippen molar-refractivity contribution in [1.29, 1.82) is 0 Å². The first-order valence-corrected chi connectivity index (χ1v) is 7.60. The van der Waals surface area contributed by atoms with E-state index >= 15 is 0 Å². The summed E-state index contributed by atoms with van der Waals surface area (Å²) in [6, 6.07) is 2.77. The lowest BCUT2D eigenvalue weighted by Gasteiger charge is -2.39.